The Balaban J connectivity index is 4.52. The number of ether oxygens (including phenoxy) is 2. The molecule has 2 atom stereocenters. The monoisotopic (exact) mass is 314 g/mol. The molecule has 0 fully saturated rings. The van der Waals surface area contributed by atoms with E-state index in [2.05, 4.69) is 6.92 Å². The molecule has 0 saturated heterocycles. The summed E-state index contributed by atoms with van der Waals surface area (Å²) in [7, 11) is 0. The average molecular weight is 314 g/mol. The first kappa shape index (κ1) is 20.9. The zero-order valence-electron chi connectivity index (χ0n) is 15.6. The van der Waals surface area contributed by atoms with E-state index >= 15 is 0 Å². The first-order valence-electron chi connectivity index (χ1n) is 8.31. The van der Waals surface area contributed by atoms with Gasteiger partial charge in [-0.2, -0.15) is 0 Å². The van der Waals surface area contributed by atoms with E-state index in [1.165, 1.54) is 0 Å². The summed E-state index contributed by atoms with van der Waals surface area (Å²) < 4.78 is 10.8. The Kier molecular flexibility index (Phi) is 8.13. The van der Waals surface area contributed by atoms with Gasteiger partial charge in [-0.1, -0.05) is 20.3 Å². The Morgan fingerprint density at radius 3 is 1.68 bits per heavy atom. The van der Waals surface area contributed by atoms with Gasteiger partial charge in [-0.3, -0.25) is 9.59 Å². The lowest BCUT2D eigenvalue weighted by molar-refractivity contribution is -0.163. The highest BCUT2D eigenvalue weighted by atomic mass is 16.6. The Labute approximate surface area is 135 Å². The van der Waals surface area contributed by atoms with E-state index in [-0.39, 0.29) is 23.8 Å². The maximum atomic E-state index is 12.2. The summed E-state index contributed by atoms with van der Waals surface area (Å²) in [4.78, 5) is 24.2. The summed E-state index contributed by atoms with van der Waals surface area (Å²) in [6, 6.07) is 0. The summed E-state index contributed by atoms with van der Waals surface area (Å²) in [5.41, 5.74) is -0.945. The van der Waals surface area contributed by atoms with Crippen molar-refractivity contribution in [1.29, 1.82) is 0 Å². The molecule has 0 bridgehead atoms. The minimum atomic E-state index is -0.473. The van der Waals surface area contributed by atoms with E-state index < -0.39 is 11.2 Å². The summed E-state index contributed by atoms with van der Waals surface area (Å²) >= 11 is 0. The van der Waals surface area contributed by atoms with E-state index in [1.807, 2.05) is 48.5 Å². The van der Waals surface area contributed by atoms with Crippen molar-refractivity contribution in [3.05, 3.63) is 0 Å². The average Bonchev–Trinajstić information content (AvgIpc) is 2.29. The van der Waals surface area contributed by atoms with Gasteiger partial charge in [0.25, 0.3) is 0 Å². The third-order valence-electron chi connectivity index (χ3n) is 3.13. The van der Waals surface area contributed by atoms with Crippen LogP contribution in [0, 0.1) is 11.8 Å². The number of hydrogen-bond donors (Lipinski definition) is 0. The highest BCUT2D eigenvalue weighted by Gasteiger charge is 2.27. The molecular weight excluding hydrogens is 280 g/mol. The second kappa shape index (κ2) is 8.54. The number of carbonyl (C=O) groups excluding carboxylic acids is 2. The molecule has 0 aromatic heterocycles. The quantitative estimate of drug-likeness (QED) is 0.649. The highest BCUT2D eigenvalue weighted by Crippen LogP contribution is 2.23. The third-order valence-corrected chi connectivity index (χ3v) is 3.13. The zero-order valence-corrected chi connectivity index (χ0v) is 15.6. The molecule has 0 spiro atoms. The Hall–Kier alpha value is -1.06. The van der Waals surface area contributed by atoms with Crippen LogP contribution in [-0.2, 0) is 19.1 Å². The van der Waals surface area contributed by atoms with Crippen molar-refractivity contribution in [1.82, 2.24) is 0 Å². The molecule has 0 aliphatic carbocycles. The molecule has 0 aliphatic heterocycles. The molecule has 0 saturated carbocycles. The number of hydrogen-bond acceptors (Lipinski definition) is 4. The maximum absolute atomic E-state index is 12.2. The molecule has 4 nitrogen and oxygen atoms in total. The largest absolute Gasteiger partial charge is 0.460 e. The molecule has 22 heavy (non-hydrogen) atoms. The standard InChI is InChI=1S/C18H34O4/c1-9-10-14(16(20)22-18(6,7)8)12-11-13(2)15(19)21-17(3,4)5/h13-14H,9-12H2,1-8H3. The lowest BCUT2D eigenvalue weighted by Crippen LogP contribution is -2.30. The van der Waals surface area contributed by atoms with Crippen LogP contribution in [0.5, 0.6) is 0 Å². The van der Waals surface area contributed by atoms with Gasteiger partial charge in [-0.25, -0.2) is 0 Å². The van der Waals surface area contributed by atoms with Crippen molar-refractivity contribution in [2.75, 3.05) is 0 Å². The second-order valence-electron chi connectivity index (χ2n) is 8.03. The minimum absolute atomic E-state index is 0.144. The molecule has 0 rings (SSSR count). The van der Waals surface area contributed by atoms with Gasteiger partial charge in [0.1, 0.15) is 11.2 Å². The van der Waals surface area contributed by atoms with E-state index in [9.17, 15) is 9.59 Å². The molecular formula is C18H34O4. The molecule has 0 amide bonds. The fourth-order valence-corrected chi connectivity index (χ4v) is 2.09. The molecule has 0 aromatic carbocycles. The second-order valence-corrected chi connectivity index (χ2v) is 8.03. The van der Waals surface area contributed by atoms with Gasteiger partial charge in [0.2, 0.25) is 0 Å². The zero-order chi connectivity index (χ0) is 17.6. The fraction of sp³-hybridized carbons (Fsp3) is 0.889. The van der Waals surface area contributed by atoms with Crippen LogP contribution < -0.4 is 0 Å². The lowest BCUT2D eigenvalue weighted by Gasteiger charge is -2.25. The van der Waals surface area contributed by atoms with E-state index in [1.54, 1.807) is 0 Å². The lowest BCUT2D eigenvalue weighted by atomic mass is 9.93. The van der Waals surface area contributed by atoms with E-state index in [0.717, 1.165) is 12.8 Å². The van der Waals surface area contributed by atoms with Crippen molar-refractivity contribution in [3.8, 4) is 0 Å². The molecule has 130 valence electrons. The first-order valence-corrected chi connectivity index (χ1v) is 8.31. The summed E-state index contributed by atoms with van der Waals surface area (Å²) in [6.45, 7) is 15.1. The van der Waals surface area contributed by atoms with Crippen LogP contribution in [-0.4, -0.2) is 23.1 Å². The van der Waals surface area contributed by atoms with Crippen molar-refractivity contribution < 1.29 is 19.1 Å². The van der Waals surface area contributed by atoms with Crippen molar-refractivity contribution in [2.24, 2.45) is 11.8 Å². The van der Waals surface area contributed by atoms with Gasteiger partial charge in [0, 0.05) is 0 Å². The minimum Gasteiger partial charge on any atom is -0.460 e. The Morgan fingerprint density at radius 2 is 1.27 bits per heavy atom. The number of esters is 2. The van der Waals surface area contributed by atoms with Crippen LogP contribution >= 0.6 is 0 Å². The van der Waals surface area contributed by atoms with Crippen molar-refractivity contribution >= 4 is 11.9 Å². The van der Waals surface area contributed by atoms with Crippen LogP contribution in [0.4, 0.5) is 0 Å². The first-order chi connectivity index (χ1) is 9.85. The van der Waals surface area contributed by atoms with Crippen molar-refractivity contribution in [2.45, 2.75) is 92.3 Å². The van der Waals surface area contributed by atoms with Gasteiger partial charge >= 0.3 is 11.9 Å². The Morgan fingerprint density at radius 1 is 0.818 bits per heavy atom. The van der Waals surface area contributed by atoms with Gasteiger partial charge < -0.3 is 9.47 Å². The topological polar surface area (TPSA) is 52.6 Å². The molecule has 0 heterocycles. The van der Waals surface area contributed by atoms with Gasteiger partial charge in [-0.05, 0) is 60.8 Å². The number of carbonyl (C=O) groups is 2. The molecule has 0 aromatic rings. The predicted octanol–water partition coefficient (Wildman–Crippen LogP) is 4.50. The van der Waals surface area contributed by atoms with E-state index in [0.29, 0.717) is 12.8 Å². The third kappa shape index (κ3) is 9.80. The Bertz CT molecular complexity index is 360. The molecule has 0 N–H and O–H groups in total. The molecule has 4 heteroatoms. The molecule has 2 unspecified atom stereocenters. The highest BCUT2D eigenvalue weighted by molar-refractivity contribution is 5.74. The smallest absolute Gasteiger partial charge is 0.309 e. The van der Waals surface area contributed by atoms with Gasteiger partial charge in [0.15, 0.2) is 0 Å². The van der Waals surface area contributed by atoms with Crippen LogP contribution in [0.25, 0.3) is 0 Å². The number of rotatable bonds is 7. The van der Waals surface area contributed by atoms with Crippen LogP contribution in [0.1, 0.15) is 81.1 Å². The normalized spacial score (nSPS) is 15.1. The fourth-order valence-electron chi connectivity index (χ4n) is 2.09. The summed E-state index contributed by atoms with van der Waals surface area (Å²) in [6.07, 6.45) is 3.00. The SMILES string of the molecule is CCCC(CCC(C)C(=O)OC(C)(C)C)C(=O)OC(C)(C)C. The predicted molar refractivity (Wildman–Crippen MR) is 88.5 cm³/mol. The molecule has 0 radical (unpaired) electrons. The van der Waals surface area contributed by atoms with Gasteiger partial charge in [0.05, 0.1) is 11.8 Å². The van der Waals surface area contributed by atoms with Gasteiger partial charge in [-0.15, -0.1) is 0 Å². The molecule has 0 aliphatic rings. The van der Waals surface area contributed by atoms with Crippen LogP contribution in [0.2, 0.25) is 0 Å². The maximum Gasteiger partial charge on any atom is 0.309 e. The van der Waals surface area contributed by atoms with Crippen molar-refractivity contribution in [3.63, 3.8) is 0 Å². The summed E-state index contributed by atoms with van der Waals surface area (Å²) in [5.74, 6) is -0.715. The summed E-state index contributed by atoms with van der Waals surface area (Å²) in [5, 5.41) is 0. The van der Waals surface area contributed by atoms with Crippen LogP contribution in [0.15, 0.2) is 0 Å². The van der Waals surface area contributed by atoms with Crippen LogP contribution in [0.3, 0.4) is 0 Å². The van der Waals surface area contributed by atoms with E-state index in [4.69, 9.17) is 9.47 Å².